The van der Waals surface area contributed by atoms with Gasteiger partial charge in [0.05, 0.1) is 27.8 Å². The van der Waals surface area contributed by atoms with E-state index in [1.165, 1.54) is 60.7 Å². The molecule has 0 aromatic heterocycles. The Morgan fingerprint density at radius 1 is 1.06 bits per heavy atom. The number of nitro groups is 1. The fourth-order valence-electron chi connectivity index (χ4n) is 3.13. The molecular weight excluding hydrogens is 508 g/mol. The molecule has 1 amide bonds. The Morgan fingerprint density at radius 3 is 2.22 bits per heavy atom. The molecule has 0 saturated carbocycles. The van der Waals surface area contributed by atoms with Gasteiger partial charge in [-0.05, 0) is 80.1 Å². The van der Waals surface area contributed by atoms with Crippen molar-refractivity contribution >= 4 is 44.6 Å². The molecular formula is C24H23ClN4O6S. The van der Waals surface area contributed by atoms with Gasteiger partial charge in [0.25, 0.3) is 21.6 Å². The molecule has 3 rings (SSSR count). The monoisotopic (exact) mass is 530 g/mol. The fraction of sp³-hybridized carbons (Fsp3) is 0.167. The summed E-state index contributed by atoms with van der Waals surface area (Å²) in [5.41, 5.74) is 3.46. The minimum atomic E-state index is -4.13. The Hall–Kier alpha value is -3.96. The predicted octanol–water partition coefficient (Wildman–Crippen LogP) is 4.38. The Bertz CT molecular complexity index is 1360. The molecule has 0 saturated heterocycles. The van der Waals surface area contributed by atoms with E-state index in [4.69, 9.17) is 16.3 Å². The first-order valence-corrected chi connectivity index (χ1v) is 12.5. The molecule has 3 aromatic rings. The first-order chi connectivity index (χ1) is 17.1. The van der Waals surface area contributed by atoms with Crippen LogP contribution in [0.5, 0.6) is 5.75 Å². The molecule has 0 radical (unpaired) electrons. The average Bonchev–Trinajstić information content (AvgIpc) is 2.87. The molecule has 1 N–H and O–H groups in total. The van der Waals surface area contributed by atoms with E-state index in [9.17, 15) is 23.3 Å². The number of benzene rings is 3. The van der Waals surface area contributed by atoms with Crippen molar-refractivity contribution in [2.24, 2.45) is 5.10 Å². The molecule has 0 spiro atoms. The van der Waals surface area contributed by atoms with Crippen molar-refractivity contribution in [3.05, 3.63) is 93.5 Å². The van der Waals surface area contributed by atoms with Crippen LogP contribution in [0.15, 0.2) is 82.8 Å². The molecule has 188 valence electrons. The first-order valence-electron chi connectivity index (χ1n) is 10.7. The van der Waals surface area contributed by atoms with Gasteiger partial charge in [-0.3, -0.25) is 19.2 Å². The largest absolute Gasteiger partial charge is 0.494 e. The lowest BCUT2D eigenvalue weighted by Gasteiger charge is -2.24. The second-order valence-electron chi connectivity index (χ2n) is 7.43. The van der Waals surface area contributed by atoms with Crippen LogP contribution in [-0.4, -0.2) is 38.1 Å². The second-order valence-corrected chi connectivity index (χ2v) is 9.73. The number of ether oxygens (including phenoxy) is 1. The number of anilines is 1. The molecule has 0 fully saturated rings. The van der Waals surface area contributed by atoms with Crippen LogP contribution in [0.1, 0.15) is 19.4 Å². The summed E-state index contributed by atoms with van der Waals surface area (Å²) in [6.07, 6.45) is 0. The lowest BCUT2D eigenvalue weighted by atomic mass is 10.1. The molecule has 0 atom stereocenters. The van der Waals surface area contributed by atoms with Gasteiger partial charge in [-0.25, -0.2) is 13.8 Å². The normalized spacial score (nSPS) is 11.6. The molecule has 0 aliphatic heterocycles. The van der Waals surface area contributed by atoms with Crippen LogP contribution >= 0.6 is 11.6 Å². The summed E-state index contributed by atoms with van der Waals surface area (Å²) in [6.45, 7) is 3.32. The maximum Gasteiger partial charge on any atom is 0.269 e. The van der Waals surface area contributed by atoms with Gasteiger partial charge in [-0.1, -0.05) is 11.6 Å². The van der Waals surface area contributed by atoms with Crippen LogP contribution in [0, 0.1) is 10.1 Å². The second kappa shape index (κ2) is 11.6. The summed E-state index contributed by atoms with van der Waals surface area (Å²) in [4.78, 5) is 23.0. The summed E-state index contributed by atoms with van der Waals surface area (Å²) < 4.78 is 33.2. The van der Waals surface area contributed by atoms with E-state index in [1.807, 2.05) is 6.92 Å². The van der Waals surface area contributed by atoms with Crippen molar-refractivity contribution in [2.45, 2.75) is 18.7 Å². The maximum absolute atomic E-state index is 13.4. The third-order valence-electron chi connectivity index (χ3n) is 4.97. The number of nitrogens with one attached hydrogen (secondary N) is 1. The number of carbonyl (C=O) groups is 1. The van der Waals surface area contributed by atoms with Gasteiger partial charge >= 0.3 is 0 Å². The van der Waals surface area contributed by atoms with Gasteiger partial charge in [-0.15, -0.1) is 0 Å². The highest BCUT2D eigenvalue weighted by molar-refractivity contribution is 7.92. The number of rotatable bonds is 10. The Kier molecular flexibility index (Phi) is 8.62. The quantitative estimate of drug-likeness (QED) is 0.235. The third-order valence-corrected chi connectivity index (χ3v) is 7.01. The van der Waals surface area contributed by atoms with E-state index in [2.05, 4.69) is 10.5 Å². The molecule has 10 nitrogen and oxygen atoms in total. The minimum absolute atomic E-state index is 0.0425. The van der Waals surface area contributed by atoms with Crippen molar-refractivity contribution in [3.8, 4) is 5.75 Å². The van der Waals surface area contributed by atoms with Crippen LogP contribution in [0.2, 0.25) is 5.02 Å². The number of nitrogens with zero attached hydrogens (tertiary/aromatic N) is 3. The van der Waals surface area contributed by atoms with Gasteiger partial charge in [0, 0.05) is 17.2 Å². The lowest BCUT2D eigenvalue weighted by Crippen LogP contribution is -2.39. The molecule has 36 heavy (non-hydrogen) atoms. The lowest BCUT2D eigenvalue weighted by molar-refractivity contribution is -0.384. The van der Waals surface area contributed by atoms with E-state index in [0.29, 0.717) is 28.7 Å². The number of hydrazone groups is 1. The van der Waals surface area contributed by atoms with Crippen molar-refractivity contribution in [1.29, 1.82) is 0 Å². The number of non-ortho nitro benzene ring substituents is 1. The van der Waals surface area contributed by atoms with Crippen LogP contribution in [0.3, 0.4) is 0 Å². The zero-order valence-electron chi connectivity index (χ0n) is 19.4. The SMILES string of the molecule is CCOc1ccc(N(CC(=O)N/N=C(/C)c2ccc([N+](=O)[O-])cc2)S(=O)(=O)c2ccc(Cl)cc2)cc1. The summed E-state index contributed by atoms with van der Waals surface area (Å²) in [7, 11) is -4.13. The van der Waals surface area contributed by atoms with E-state index in [-0.39, 0.29) is 16.3 Å². The van der Waals surface area contributed by atoms with Crippen molar-refractivity contribution in [3.63, 3.8) is 0 Å². The number of nitro benzene ring substituents is 1. The predicted molar refractivity (Wildman–Crippen MR) is 137 cm³/mol. The number of hydrogen-bond acceptors (Lipinski definition) is 7. The third kappa shape index (κ3) is 6.58. The molecule has 0 aliphatic rings. The van der Waals surface area contributed by atoms with Gasteiger partial charge in [0.1, 0.15) is 12.3 Å². The number of hydrogen-bond donors (Lipinski definition) is 1. The highest BCUT2D eigenvalue weighted by atomic mass is 35.5. The summed E-state index contributed by atoms with van der Waals surface area (Å²) in [5.74, 6) is -0.138. The Morgan fingerprint density at radius 2 is 1.67 bits per heavy atom. The Labute approximate surface area is 213 Å². The zero-order valence-corrected chi connectivity index (χ0v) is 21.0. The van der Waals surface area contributed by atoms with Gasteiger partial charge < -0.3 is 4.74 Å². The molecule has 12 heteroatoms. The topological polar surface area (TPSA) is 131 Å². The fourth-order valence-corrected chi connectivity index (χ4v) is 4.67. The molecule has 0 heterocycles. The van der Waals surface area contributed by atoms with Crippen molar-refractivity contribution < 1.29 is 22.9 Å². The van der Waals surface area contributed by atoms with E-state index in [1.54, 1.807) is 19.1 Å². The van der Waals surface area contributed by atoms with Gasteiger partial charge in [0.2, 0.25) is 0 Å². The van der Waals surface area contributed by atoms with Crippen molar-refractivity contribution in [1.82, 2.24) is 5.43 Å². The number of sulfonamides is 1. The summed E-state index contributed by atoms with van der Waals surface area (Å²) in [5, 5.41) is 15.2. The smallest absolute Gasteiger partial charge is 0.269 e. The van der Waals surface area contributed by atoms with Crippen LogP contribution in [0.25, 0.3) is 0 Å². The number of carbonyl (C=O) groups excluding carboxylic acids is 1. The van der Waals surface area contributed by atoms with Crippen LogP contribution in [-0.2, 0) is 14.8 Å². The van der Waals surface area contributed by atoms with Crippen LogP contribution < -0.4 is 14.5 Å². The standard InChI is InChI=1S/C24H23ClN4O6S/c1-3-35-22-12-10-20(11-13-22)28(36(33,34)23-14-6-19(25)7-15-23)16-24(30)27-26-17(2)18-4-8-21(9-5-18)29(31)32/h4-15H,3,16H2,1-2H3,(H,27,30)/b26-17-. The number of halogens is 1. The maximum atomic E-state index is 13.4. The molecule has 0 unspecified atom stereocenters. The van der Waals surface area contributed by atoms with E-state index in [0.717, 1.165) is 4.31 Å². The van der Waals surface area contributed by atoms with Crippen LogP contribution in [0.4, 0.5) is 11.4 Å². The zero-order chi connectivity index (χ0) is 26.3. The molecule has 0 aliphatic carbocycles. The summed E-state index contributed by atoms with van der Waals surface area (Å²) >= 11 is 5.90. The Balaban J connectivity index is 1.85. The average molecular weight is 531 g/mol. The number of amides is 1. The van der Waals surface area contributed by atoms with E-state index >= 15 is 0 Å². The van der Waals surface area contributed by atoms with E-state index < -0.39 is 27.4 Å². The summed E-state index contributed by atoms with van der Waals surface area (Å²) in [6, 6.07) is 17.5. The highest BCUT2D eigenvalue weighted by Gasteiger charge is 2.27. The van der Waals surface area contributed by atoms with Gasteiger partial charge in [0.15, 0.2) is 0 Å². The highest BCUT2D eigenvalue weighted by Crippen LogP contribution is 2.26. The van der Waals surface area contributed by atoms with Crippen molar-refractivity contribution in [2.75, 3.05) is 17.5 Å². The van der Waals surface area contributed by atoms with Gasteiger partial charge in [-0.2, -0.15) is 5.10 Å². The first kappa shape index (κ1) is 26.6. The molecule has 0 bridgehead atoms. The minimum Gasteiger partial charge on any atom is -0.494 e. The molecule has 3 aromatic carbocycles.